The molecule has 14 rings (SSSR count). The Balaban J connectivity index is 0.545. The molecule has 4 aromatic heterocycles. The third-order valence-electron chi connectivity index (χ3n) is 20.3. The highest BCUT2D eigenvalue weighted by molar-refractivity contribution is 6.35. The lowest BCUT2D eigenvalue weighted by molar-refractivity contribution is -0.192. The molecular formula is C74H80Cl4FN17O8. The minimum absolute atomic E-state index is 0.0281. The van der Waals surface area contributed by atoms with E-state index in [-0.39, 0.29) is 69.1 Å². The Morgan fingerprint density at radius 2 is 1.23 bits per heavy atom. The number of rotatable bonds is 25. The molecule has 0 N–H and O–H groups in total. The number of allylic oxidation sites excluding steroid dienone is 3. The molecule has 5 aromatic carbocycles. The number of hydrogen-bond acceptors (Lipinski definition) is 19. The van der Waals surface area contributed by atoms with E-state index in [9.17, 15) is 14.9 Å². The summed E-state index contributed by atoms with van der Waals surface area (Å²) < 4.78 is 60.7. The molecule has 3 unspecified atom stereocenters. The molecule has 4 aliphatic heterocycles. The van der Waals surface area contributed by atoms with Crippen molar-refractivity contribution in [3.05, 3.63) is 210 Å². The summed E-state index contributed by atoms with van der Waals surface area (Å²) in [6.07, 6.45) is 14.2. The van der Waals surface area contributed by atoms with Gasteiger partial charge in [-0.2, -0.15) is 45.4 Å². The molecule has 1 aliphatic carbocycles. The predicted octanol–water partition coefficient (Wildman–Crippen LogP) is 11.3. The fourth-order valence-corrected chi connectivity index (χ4v) is 15.5. The van der Waals surface area contributed by atoms with Crippen molar-refractivity contribution >= 4 is 69.2 Å². The summed E-state index contributed by atoms with van der Waals surface area (Å²) in [4.78, 5) is 39.1. The lowest BCUT2D eigenvalue weighted by Gasteiger charge is -2.39. The highest BCUT2D eigenvalue weighted by Crippen LogP contribution is 2.47. The van der Waals surface area contributed by atoms with Gasteiger partial charge in [-0.3, -0.25) is 0 Å². The molecule has 8 heterocycles. The first-order valence-corrected chi connectivity index (χ1v) is 36.7. The SMILES string of the molecule is CCC(CC)n1ncn(-c2ccc(N3CCN(c4ccc(OC[C@@H]5CO[C@@](Cn6ncc(CCC(CC)n7ncn(-c8ccc(N9CCN(c%10ccc(OC[C@@H]%11COC(Cn%12nccn%12)C%12(CC=C(Cl)C=C%12Cl)CO%11)cc%10C#N)CC9)cc8)c7=O)n6)(c6ccc(Cl)cc6Cl)O5)cc4F)CC3)cc2)c1=O. The minimum atomic E-state index is -1.43. The first-order valence-electron chi connectivity index (χ1n) is 35.2. The molecular weight excluding hydrogens is 1420 g/mol. The van der Waals surface area contributed by atoms with Gasteiger partial charge < -0.3 is 48.0 Å². The van der Waals surface area contributed by atoms with Crippen LogP contribution in [0.2, 0.25) is 10.0 Å². The van der Waals surface area contributed by atoms with Crippen LogP contribution in [0.1, 0.15) is 81.8 Å². The number of benzene rings is 5. The van der Waals surface area contributed by atoms with Crippen LogP contribution >= 0.6 is 46.4 Å². The van der Waals surface area contributed by atoms with E-state index in [2.05, 4.69) is 60.1 Å². The number of hydrogen-bond donors (Lipinski definition) is 0. The fraction of sp³-hybridized carbons (Fsp3) is 0.419. The number of nitriles is 1. The first kappa shape index (κ1) is 71.9. The molecule has 25 nitrogen and oxygen atoms in total. The molecule has 1 spiro atoms. The summed E-state index contributed by atoms with van der Waals surface area (Å²) in [5, 5.41) is 39.3. The highest BCUT2D eigenvalue weighted by atomic mass is 35.5. The van der Waals surface area contributed by atoms with Crippen LogP contribution in [0.5, 0.6) is 11.5 Å². The van der Waals surface area contributed by atoms with Crippen LogP contribution in [0.15, 0.2) is 166 Å². The van der Waals surface area contributed by atoms with E-state index in [0.29, 0.717) is 144 Å². The van der Waals surface area contributed by atoms with Crippen molar-refractivity contribution in [1.29, 1.82) is 5.26 Å². The highest BCUT2D eigenvalue weighted by Gasteiger charge is 2.48. The van der Waals surface area contributed by atoms with Crippen LogP contribution in [0.4, 0.5) is 27.1 Å². The van der Waals surface area contributed by atoms with Gasteiger partial charge in [0.25, 0.3) is 0 Å². The number of aromatic nitrogens is 12. The number of ether oxygens (including phenoxy) is 6. The van der Waals surface area contributed by atoms with E-state index in [1.807, 2.05) is 78.6 Å². The van der Waals surface area contributed by atoms with E-state index in [1.165, 1.54) is 15.5 Å². The van der Waals surface area contributed by atoms with Crippen LogP contribution < -0.4 is 40.5 Å². The zero-order valence-corrected chi connectivity index (χ0v) is 60.9. The third kappa shape index (κ3) is 15.4. The molecule has 6 atom stereocenters. The average molecular weight is 1500 g/mol. The molecule has 544 valence electrons. The van der Waals surface area contributed by atoms with Crippen molar-refractivity contribution in [3.63, 3.8) is 0 Å². The van der Waals surface area contributed by atoms with Crippen molar-refractivity contribution in [2.75, 3.05) is 105 Å². The van der Waals surface area contributed by atoms with Crippen molar-refractivity contribution in [1.82, 2.24) is 58.7 Å². The quantitative estimate of drug-likeness (QED) is 0.0517. The second-order valence-electron chi connectivity index (χ2n) is 26.6. The smallest absolute Gasteiger partial charge is 0.350 e. The van der Waals surface area contributed by atoms with E-state index < -0.39 is 29.2 Å². The first-order chi connectivity index (χ1) is 50.6. The van der Waals surface area contributed by atoms with Crippen molar-refractivity contribution in [2.45, 2.75) is 109 Å². The van der Waals surface area contributed by atoms with E-state index in [1.54, 1.807) is 92.3 Å². The number of halogens is 5. The average Bonchev–Trinajstić information content (AvgIpc) is 1.72. The van der Waals surface area contributed by atoms with Gasteiger partial charge in [0, 0.05) is 90.4 Å². The van der Waals surface area contributed by atoms with Gasteiger partial charge in [-0.25, -0.2) is 32.5 Å². The second-order valence-corrected chi connectivity index (χ2v) is 28.3. The van der Waals surface area contributed by atoms with Crippen molar-refractivity contribution < 1.29 is 32.8 Å². The topological polar surface area (TPSA) is 233 Å². The number of anilines is 4. The van der Waals surface area contributed by atoms with Crippen molar-refractivity contribution in [3.8, 4) is 28.9 Å². The molecule has 0 bridgehead atoms. The lowest BCUT2D eigenvalue weighted by atomic mass is 9.76. The molecule has 4 fully saturated rings. The zero-order chi connectivity index (χ0) is 72.1. The zero-order valence-electron chi connectivity index (χ0n) is 57.9. The van der Waals surface area contributed by atoms with E-state index in [0.717, 1.165) is 35.6 Å². The van der Waals surface area contributed by atoms with Gasteiger partial charge in [0.15, 0.2) is 0 Å². The number of aryl methyl sites for hydroxylation is 1. The van der Waals surface area contributed by atoms with Crippen molar-refractivity contribution in [2.24, 2.45) is 5.41 Å². The predicted molar refractivity (Wildman–Crippen MR) is 394 cm³/mol. The van der Waals surface area contributed by atoms with E-state index in [4.69, 9.17) is 79.9 Å². The fourth-order valence-electron chi connectivity index (χ4n) is 14.4. The normalized spacial score (nSPS) is 21.1. The largest absolute Gasteiger partial charge is 0.491 e. The Morgan fingerprint density at radius 1 is 0.644 bits per heavy atom. The maximum atomic E-state index is 16.0. The molecule has 5 aliphatic rings. The minimum Gasteiger partial charge on any atom is -0.491 e. The molecule has 30 heteroatoms. The Kier molecular flexibility index (Phi) is 21.9. The second kappa shape index (κ2) is 31.7. The number of nitrogens with zero attached hydrogens (tertiary/aromatic N) is 17. The van der Waals surface area contributed by atoms with Crippen LogP contribution in [-0.2, 0) is 44.2 Å². The molecule has 0 amide bonds. The van der Waals surface area contributed by atoms with Gasteiger partial charge in [0.1, 0.15) is 68.0 Å². The molecule has 0 saturated carbocycles. The standard InChI is InChI=1S/C74H80Cl4FN17O8/c1-4-54(5-2)95-71(97)91(48-84-95)58-14-10-57(11-15-58)88-29-33-90(34-30-88)68-22-19-61(38-66(68)79)100-44-63-45-103-74(104-63,64-20-7-51(75)36-65(64)77)46-94-83-40-53(86-94)8-9-55(6-3)96-72(98)92(49-85-96)59-16-12-56(13-17-59)87-27-31-89(32-28-87)67-21-18-60(35-50(67)39-80)99-42-62-43-101-70(41-93-81-25-26-82-93)73(47-102-62)24-23-52(76)37-69(73)78/h7,10-23,25-26,35-38,40,48-49,54-55,62-63,70H,4-6,8-9,24,27-34,41-47H2,1-3H3/t55?,62-,63-,70?,73?,74-/m1/s1. The molecule has 4 saturated heterocycles. The maximum Gasteiger partial charge on any atom is 0.350 e. The molecule has 9 aromatic rings. The van der Waals surface area contributed by atoms with Gasteiger partial charge >= 0.3 is 11.4 Å². The summed E-state index contributed by atoms with van der Waals surface area (Å²) in [6, 6.07) is 33.6. The summed E-state index contributed by atoms with van der Waals surface area (Å²) in [7, 11) is 0. The molecule has 0 radical (unpaired) electrons. The van der Waals surface area contributed by atoms with Crippen LogP contribution in [-0.4, -0.2) is 162 Å². The Bertz CT molecular complexity index is 4690. The van der Waals surface area contributed by atoms with Gasteiger partial charge in [-0.05, 0) is 136 Å². The monoisotopic (exact) mass is 1490 g/mol. The summed E-state index contributed by atoms with van der Waals surface area (Å²) >= 11 is 26.5. The Hall–Kier alpha value is -9.04. The van der Waals surface area contributed by atoms with Crippen LogP contribution in [0.3, 0.4) is 0 Å². The molecule has 104 heavy (non-hydrogen) atoms. The maximum absolute atomic E-state index is 16.0. The summed E-state index contributed by atoms with van der Waals surface area (Å²) in [5.41, 5.74) is 5.43. The van der Waals surface area contributed by atoms with Gasteiger partial charge in [-0.15, -0.1) is 0 Å². The van der Waals surface area contributed by atoms with Crippen LogP contribution in [0.25, 0.3) is 11.4 Å². The summed E-state index contributed by atoms with van der Waals surface area (Å²) in [6.45, 7) is 12.8. The van der Waals surface area contributed by atoms with Gasteiger partial charge in [0.2, 0.25) is 5.79 Å². The Morgan fingerprint density at radius 3 is 1.84 bits per heavy atom. The third-order valence-corrected chi connectivity index (χ3v) is 21.6. The summed E-state index contributed by atoms with van der Waals surface area (Å²) in [5.74, 6) is -0.946. The lowest BCUT2D eigenvalue weighted by Crippen LogP contribution is -2.46. The van der Waals surface area contributed by atoms with Gasteiger partial charge in [-0.1, -0.05) is 79.3 Å². The van der Waals surface area contributed by atoms with Crippen LogP contribution in [0, 0.1) is 22.6 Å². The van der Waals surface area contributed by atoms with Gasteiger partial charge in [0.05, 0.1) is 108 Å². The number of piperazine rings is 2. The Labute approximate surface area is 620 Å². The van der Waals surface area contributed by atoms with E-state index >= 15 is 4.39 Å².